The zero-order valence-electron chi connectivity index (χ0n) is 14.5. The minimum atomic E-state index is -0.447. The first-order valence-corrected chi connectivity index (χ1v) is 8.79. The third-order valence-corrected chi connectivity index (χ3v) is 4.76. The van der Waals surface area contributed by atoms with Crippen LogP contribution in [-0.4, -0.2) is 32.2 Å². The maximum Gasteiger partial charge on any atom is 0.270 e. The average Bonchev–Trinajstić information content (AvgIpc) is 3.32. The van der Waals surface area contributed by atoms with Gasteiger partial charge in [-0.1, -0.05) is 24.3 Å². The van der Waals surface area contributed by atoms with Gasteiger partial charge in [-0.15, -0.1) is 0 Å². The molecule has 1 atom stereocenters. The molecule has 1 amide bonds. The molecular formula is C20H18N4O3. The van der Waals surface area contributed by atoms with Crippen LogP contribution in [0.2, 0.25) is 0 Å². The third kappa shape index (κ3) is 3.44. The first kappa shape index (κ1) is 17.0. The summed E-state index contributed by atoms with van der Waals surface area (Å²) in [4.78, 5) is 32.9. The summed E-state index contributed by atoms with van der Waals surface area (Å²) in [6.07, 6.45) is 4.86. The third-order valence-electron chi connectivity index (χ3n) is 4.76. The second-order valence-corrected chi connectivity index (χ2v) is 6.51. The fourth-order valence-electron chi connectivity index (χ4n) is 3.45. The largest absolute Gasteiger partial charge is 0.340 e. The first-order valence-electron chi connectivity index (χ1n) is 8.79. The number of aromatic nitrogens is 2. The number of H-pyrrole nitrogens is 1. The van der Waals surface area contributed by atoms with Crippen LogP contribution in [0.25, 0.3) is 17.1 Å². The first-order chi connectivity index (χ1) is 13.1. The molecule has 0 aliphatic carbocycles. The van der Waals surface area contributed by atoms with Crippen LogP contribution in [0.15, 0.2) is 54.6 Å². The highest BCUT2D eigenvalue weighted by Crippen LogP contribution is 2.31. The lowest BCUT2D eigenvalue weighted by Crippen LogP contribution is -2.29. The number of nitro benzene ring substituents is 1. The van der Waals surface area contributed by atoms with Crippen LogP contribution in [-0.2, 0) is 4.79 Å². The molecule has 136 valence electrons. The van der Waals surface area contributed by atoms with Gasteiger partial charge in [-0.3, -0.25) is 14.9 Å². The van der Waals surface area contributed by atoms with Crippen LogP contribution in [0.1, 0.15) is 30.3 Å². The molecule has 1 fully saturated rings. The highest BCUT2D eigenvalue weighted by molar-refractivity contribution is 5.92. The van der Waals surface area contributed by atoms with Crippen LogP contribution in [0.4, 0.5) is 5.69 Å². The topological polar surface area (TPSA) is 92.1 Å². The lowest BCUT2D eigenvalue weighted by atomic mass is 10.2. The van der Waals surface area contributed by atoms with E-state index < -0.39 is 4.92 Å². The average molecular weight is 362 g/mol. The van der Waals surface area contributed by atoms with E-state index in [1.807, 2.05) is 24.3 Å². The number of carbonyl (C=O) groups excluding carboxylic acids is 1. The van der Waals surface area contributed by atoms with Crippen molar-refractivity contribution >= 4 is 28.7 Å². The van der Waals surface area contributed by atoms with Gasteiger partial charge in [0.2, 0.25) is 5.91 Å². The van der Waals surface area contributed by atoms with Crippen molar-refractivity contribution in [1.82, 2.24) is 14.9 Å². The van der Waals surface area contributed by atoms with Crippen LogP contribution in [0, 0.1) is 10.1 Å². The van der Waals surface area contributed by atoms with Gasteiger partial charge in [0, 0.05) is 24.8 Å². The lowest BCUT2D eigenvalue weighted by Gasteiger charge is -2.21. The number of nitrogens with one attached hydrogen (secondary N) is 1. The smallest absolute Gasteiger partial charge is 0.270 e. The van der Waals surface area contributed by atoms with Gasteiger partial charge in [0.1, 0.15) is 5.82 Å². The molecule has 1 N–H and O–H groups in total. The van der Waals surface area contributed by atoms with Crippen LogP contribution in [0.3, 0.4) is 0 Å². The van der Waals surface area contributed by atoms with Crippen molar-refractivity contribution in [2.24, 2.45) is 0 Å². The molecule has 1 aliphatic rings. The van der Waals surface area contributed by atoms with Gasteiger partial charge in [0.05, 0.1) is 22.0 Å². The summed E-state index contributed by atoms with van der Waals surface area (Å²) in [7, 11) is 0. The number of amides is 1. The van der Waals surface area contributed by atoms with Crippen molar-refractivity contribution in [2.75, 3.05) is 6.54 Å². The number of hydrogen-bond acceptors (Lipinski definition) is 4. The highest BCUT2D eigenvalue weighted by Gasteiger charge is 2.31. The zero-order valence-corrected chi connectivity index (χ0v) is 14.5. The normalized spacial score (nSPS) is 17.0. The van der Waals surface area contributed by atoms with Gasteiger partial charge in [-0.2, -0.15) is 0 Å². The number of hydrogen-bond donors (Lipinski definition) is 1. The molecule has 2 heterocycles. The quantitative estimate of drug-likeness (QED) is 0.433. The lowest BCUT2D eigenvalue weighted by molar-refractivity contribution is -0.384. The second kappa shape index (κ2) is 7.03. The number of benzene rings is 2. The number of imidazole rings is 1. The molecule has 0 radical (unpaired) electrons. The summed E-state index contributed by atoms with van der Waals surface area (Å²) in [5, 5.41) is 10.9. The van der Waals surface area contributed by atoms with E-state index in [1.54, 1.807) is 23.1 Å². The van der Waals surface area contributed by atoms with Crippen molar-refractivity contribution < 1.29 is 9.72 Å². The number of carbonyl (C=O) groups is 1. The zero-order chi connectivity index (χ0) is 18.8. The SMILES string of the molecule is O=C(C=Cc1cccc([N+](=O)[O-])c1)N1CCCC1c1nc2ccccc2[nH]1. The summed E-state index contributed by atoms with van der Waals surface area (Å²) in [5.74, 6) is 0.676. The number of fused-ring (bicyclic) bond motifs is 1. The van der Waals surface area contributed by atoms with Gasteiger partial charge in [-0.25, -0.2) is 4.98 Å². The summed E-state index contributed by atoms with van der Waals surface area (Å²) in [5.41, 5.74) is 2.47. The molecule has 4 rings (SSSR count). The van der Waals surface area contributed by atoms with Crippen molar-refractivity contribution in [3.8, 4) is 0 Å². The molecule has 0 saturated carbocycles. The number of non-ortho nitro benzene ring substituents is 1. The van der Waals surface area contributed by atoms with E-state index in [1.165, 1.54) is 18.2 Å². The summed E-state index contributed by atoms with van der Waals surface area (Å²) < 4.78 is 0. The Morgan fingerprint density at radius 3 is 2.93 bits per heavy atom. The van der Waals surface area contributed by atoms with Gasteiger partial charge in [0.15, 0.2) is 0 Å². The summed E-state index contributed by atoms with van der Waals surface area (Å²) >= 11 is 0. The molecule has 27 heavy (non-hydrogen) atoms. The molecule has 3 aromatic rings. The molecule has 7 nitrogen and oxygen atoms in total. The minimum absolute atomic E-state index is 0.00548. The molecule has 1 aromatic heterocycles. The van der Waals surface area contributed by atoms with Crippen LogP contribution in [0.5, 0.6) is 0 Å². The Labute approximate surface area is 155 Å². The van der Waals surface area contributed by atoms with E-state index in [4.69, 9.17) is 0 Å². The molecule has 2 aromatic carbocycles. The van der Waals surface area contributed by atoms with Gasteiger partial charge in [-0.05, 0) is 36.6 Å². The predicted molar refractivity (Wildman–Crippen MR) is 102 cm³/mol. The Bertz CT molecular complexity index is 1010. The Morgan fingerprint density at radius 2 is 2.11 bits per heavy atom. The van der Waals surface area contributed by atoms with Crippen LogP contribution < -0.4 is 0 Å². The van der Waals surface area contributed by atoms with Crippen LogP contribution >= 0.6 is 0 Å². The fourth-order valence-corrected chi connectivity index (χ4v) is 3.45. The van der Waals surface area contributed by atoms with E-state index in [0.717, 1.165) is 29.7 Å². The Balaban J connectivity index is 1.54. The second-order valence-electron chi connectivity index (χ2n) is 6.51. The summed E-state index contributed by atoms with van der Waals surface area (Å²) in [6.45, 7) is 0.666. The van der Waals surface area contributed by atoms with E-state index in [0.29, 0.717) is 12.1 Å². The van der Waals surface area contributed by atoms with E-state index in [9.17, 15) is 14.9 Å². The number of para-hydroxylation sites is 2. The standard InChI is InChI=1S/C20H18N4O3/c25-19(11-10-14-5-3-6-15(13-14)24(26)27)23-12-4-9-18(23)20-21-16-7-1-2-8-17(16)22-20/h1-3,5-8,10-11,13,18H,4,9,12H2,(H,21,22). The van der Waals surface area contributed by atoms with Gasteiger partial charge in [0.25, 0.3) is 5.69 Å². The Morgan fingerprint density at radius 1 is 1.26 bits per heavy atom. The van der Waals surface area contributed by atoms with Crippen molar-refractivity contribution in [1.29, 1.82) is 0 Å². The number of nitrogens with zero attached hydrogens (tertiary/aromatic N) is 3. The molecule has 1 saturated heterocycles. The molecule has 1 unspecified atom stereocenters. The molecule has 0 spiro atoms. The molecule has 1 aliphatic heterocycles. The highest BCUT2D eigenvalue weighted by atomic mass is 16.6. The Hall–Kier alpha value is -3.48. The molecular weight excluding hydrogens is 344 g/mol. The maximum atomic E-state index is 12.7. The van der Waals surface area contributed by atoms with Gasteiger partial charge < -0.3 is 9.88 Å². The van der Waals surface area contributed by atoms with Gasteiger partial charge >= 0.3 is 0 Å². The van der Waals surface area contributed by atoms with Crippen molar-refractivity contribution in [3.63, 3.8) is 0 Å². The summed E-state index contributed by atoms with van der Waals surface area (Å²) in [6, 6.07) is 13.9. The fraction of sp³-hybridized carbons (Fsp3) is 0.200. The predicted octanol–water partition coefficient (Wildman–Crippen LogP) is 3.85. The van der Waals surface area contributed by atoms with Crippen molar-refractivity contribution in [3.05, 3.63) is 76.1 Å². The number of likely N-dealkylation sites (tertiary alicyclic amines) is 1. The minimum Gasteiger partial charge on any atom is -0.340 e. The molecule has 0 bridgehead atoms. The van der Waals surface area contributed by atoms with E-state index in [-0.39, 0.29) is 17.6 Å². The van der Waals surface area contributed by atoms with E-state index >= 15 is 0 Å². The van der Waals surface area contributed by atoms with E-state index in [2.05, 4.69) is 9.97 Å². The molecule has 7 heteroatoms. The van der Waals surface area contributed by atoms with Crippen molar-refractivity contribution in [2.45, 2.75) is 18.9 Å². The maximum absolute atomic E-state index is 12.7. The Kier molecular flexibility index (Phi) is 4.42. The number of rotatable bonds is 4. The number of aromatic amines is 1. The monoisotopic (exact) mass is 362 g/mol. The number of nitro groups is 1.